The molecule has 0 spiro atoms. The summed E-state index contributed by atoms with van der Waals surface area (Å²) in [5.41, 5.74) is 0.470. The van der Waals surface area contributed by atoms with Crippen molar-refractivity contribution in [3.8, 4) is 0 Å². The Morgan fingerprint density at radius 1 is 1.43 bits per heavy atom. The molecule has 1 atom stereocenters. The van der Waals surface area contributed by atoms with Crippen LogP contribution in [0.1, 0.15) is 31.5 Å². The molecule has 1 aliphatic rings. The SMILES string of the molecule is CN(Cc1nc2ccccc2c(=O)[nH]1)C(=O)CCC1CCCO1. The van der Waals surface area contributed by atoms with E-state index in [0.717, 1.165) is 25.9 Å². The summed E-state index contributed by atoms with van der Waals surface area (Å²) in [7, 11) is 1.73. The van der Waals surface area contributed by atoms with Crippen molar-refractivity contribution in [2.75, 3.05) is 13.7 Å². The maximum absolute atomic E-state index is 12.2. The zero-order chi connectivity index (χ0) is 16.2. The second-order valence-electron chi connectivity index (χ2n) is 5.95. The maximum atomic E-state index is 12.2. The number of aromatic amines is 1. The molecule has 2 heterocycles. The Bertz CT molecular complexity index is 750. The van der Waals surface area contributed by atoms with E-state index in [1.807, 2.05) is 6.07 Å². The van der Waals surface area contributed by atoms with Crippen molar-refractivity contribution in [1.82, 2.24) is 14.9 Å². The van der Waals surface area contributed by atoms with Crippen molar-refractivity contribution in [2.45, 2.75) is 38.3 Å². The molecule has 1 amide bonds. The summed E-state index contributed by atoms with van der Waals surface area (Å²) in [6.07, 6.45) is 3.54. The Balaban J connectivity index is 1.63. The van der Waals surface area contributed by atoms with Crippen LogP contribution >= 0.6 is 0 Å². The molecule has 3 rings (SSSR count). The van der Waals surface area contributed by atoms with Gasteiger partial charge in [-0.05, 0) is 31.4 Å². The number of fused-ring (bicyclic) bond motifs is 1. The van der Waals surface area contributed by atoms with Gasteiger partial charge in [0.05, 0.1) is 23.6 Å². The van der Waals surface area contributed by atoms with E-state index in [9.17, 15) is 9.59 Å². The predicted molar refractivity (Wildman–Crippen MR) is 87.0 cm³/mol. The predicted octanol–water partition coefficient (Wildman–Crippen LogP) is 1.84. The number of amides is 1. The van der Waals surface area contributed by atoms with Gasteiger partial charge in [-0.25, -0.2) is 4.98 Å². The Hall–Kier alpha value is -2.21. The number of carbonyl (C=O) groups is 1. The van der Waals surface area contributed by atoms with E-state index in [1.165, 1.54) is 0 Å². The Morgan fingerprint density at radius 2 is 2.26 bits per heavy atom. The van der Waals surface area contributed by atoms with Crippen molar-refractivity contribution >= 4 is 16.8 Å². The number of H-pyrrole nitrogens is 1. The molecule has 1 saturated heterocycles. The fraction of sp³-hybridized carbons (Fsp3) is 0.471. The van der Waals surface area contributed by atoms with Crippen LogP contribution in [-0.4, -0.2) is 40.5 Å². The topological polar surface area (TPSA) is 75.3 Å². The van der Waals surface area contributed by atoms with Crippen molar-refractivity contribution in [1.29, 1.82) is 0 Å². The van der Waals surface area contributed by atoms with E-state index >= 15 is 0 Å². The van der Waals surface area contributed by atoms with Gasteiger partial charge in [0, 0.05) is 20.1 Å². The summed E-state index contributed by atoms with van der Waals surface area (Å²) in [6, 6.07) is 7.18. The van der Waals surface area contributed by atoms with Gasteiger partial charge in [-0.3, -0.25) is 9.59 Å². The molecule has 1 unspecified atom stereocenters. The third-order valence-electron chi connectivity index (χ3n) is 4.18. The van der Waals surface area contributed by atoms with Gasteiger partial charge in [-0.2, -0.15) is 0 Å². The number of nitrogens with zero attached hydrogens (tertiary/aromatic N) is 2. The van der Waals surface area contributed by atoms with Gasteiger partial charge in [0.15, 0.2) is 0 Å². The quantitative estimate of drug-likeness (QED) is 0.913. The Kier molecular flexibility index (Phi) is 4.71. The molecule has 1 aromatic carbocycles. The average molecular weight is 315 g/mol. The highest BCUT2D eigenvalue weighted by atomic mass is 16.5. The number of hydrogen-bond donors (Lipinski definition) is 1. The molecule has 0 saturated carbocycles. The molecule has 6 heteroatoms. The number of hydrogen-bond acceptors (Lipinski definition) is 4. The van der Waals surface area contributed by atoms with Gasteiger partial charge in [0.1, 0.15) is 5.82 Å². The first-order valence-corrected chi connectivity index (χ1v) is 7.97. The van der Waals surface area contributed by atoms with Gasteiger partial charge >= 0.3 is 0 Å². The number of rotatable bonds is 5. The minimum Gasteiger partial charge on any atom is -0.378 e. The van der Waals surface area contributed by atoms with Crippen molar-refractivity contribution in [2.24, 2.45) is 0 Å². The van der Waals surface area contributed by atoms with Crippen LogP contribution < -0.4 is 5.56 Å². The maximum Gasteiger partial charge on any atom is 0.258 e. The van der Waals surface area contributed by atoms with Crippen LogP contribution in [0.15, 0.2) is 29.1 Å². The van der Waals surface area contributed by atoms with Gasteiger partial charge in [0.2, 0.25) is 5.91 Å². The van der Waals surface area contributed by atoms with Crippen LogP contribution in [0.25, 0.3) is 10.9 Å². The molecular weight excluding hydrogens is 294 g/mol. The fourth-order valence-electron chi connectivity index (χ4n) is 2.87. The second-order valence-corrected chi connectivity index (χ2v) is 5.95. The van der Waals surface area contributed by atoms with Gasteiger partial charge < -0.3 is 14.6 Å². The summed E-state index contributed by atoms with van der Waals surface area (Å²) in [4.78, 5) is 33.0. The van der Waals surface area contributed by atoms with Crippen LogP contribution in [0.5, 0.6) is 0 Å². The minimum atomic E-state index is -0.175. The summed E-state index contributed by atoms with van der Waals surface area (Å²) in [5.74, 6) is 0.540. The molecule has 122 valence electrons. The number of benzene rings is 1. The first kappa shape index (κ1) is 15.7. The molecule has 2 aromatic rings. The molecule has 1 aliphatic heterocycles. The normalized spacial score (nSPS) is 17.5. The molecule has 23 heavy (non-hydrogen) atoms. The summed E-state index contributed by atoms with van der Waals surface area (Å²) in [5, 5.41) is 0.559. The summed E-state index contributed by atoms with van der Waals surface area (Å²) in [6.45, 7) is 1.10. The molecule has 1 N–H and O–H groups in total. The zero-order valence-electron chi connectivity index (χ0n) is 13.2. The number of nitrogens with one attached hydrogen (secondary N) is 1. The number of aromatic nitrogens is 2. The van der Waals surface area contributed by atoms with Gasteiger partial charge in [-0.15, -0.1) is 0 Å². The van der Waals surface area contributed by atoms with Crippen LogP contribution in [0.4, 0.5) is 0 Å². The van der Waals surface area contributed by atoms with Gasteiger partial charge in [-0.1, -0.05) is 12.1 Å². The third-order valence-corrected chi connectivity index (χ3v) is 4.18. The molecule has 0 bridgehead atoms. The first-order valence-electron chi connectivity index (χ1n) is 7.97. The highest BCUT2D eigenvalue weighted by molar-refractivity contribution is 5.77. The van der Waals surface area contributed by atoms with Crippen LogP contribution in [0, 0.1) is 0 Å². The summed E-state index contributed by atoms with van der Waals surface area (Å²) >= 11 is 0. The van der Waals surface area contributed by atoms with E-state index in [0.29, 0.717) is 29.7 Å². The smallest absolute Gasteiger partial charge is 0.258 e. The summed E-state index contributed by atoms with van der Waals surface area (Å²) < 4.78 is 5.53. The monoisotopic (exact) mass is 315 g/mol. The lowest BCUT2D eigenvalue weighted by atomic mass is 10.1. The second kappa shape index (κ2) is 6.91. The largest absolute Gasteiger partial charge is 0.378 e. The van der Waals surface area contributed by atoms with Crippen LogP contribution in [0.2, 0.25) is 0 Å². The van der Waals surface area contributed by atoms with E-state index in [1.54, 1.807) is 30.1 Å². The highest BCUT2D eigenvalue weighted by Crippen LogP contribution is 2.17. The standard InChI is InChI=1S/C17H21N3O3/c1-20(16(21)9-8-12-5-4-10-23-12)11-15-18-14-7-3-2-6-13(14)17(22)19-15/h2-3,6-7,12H,4-5,8-11H2,1H3,(H,18,19,22). The third kappa shape index (κ3) is 3.76. The molecular formula is C17H21N3O3. The fourth-order valence-corrected chi connectivity index (χ4v) is 2.87. The molecule has 1 fully saturated rings. The molecule has 0 aliphatic carbocycles. The first-order chi connectivity index (χ1) is 11.1. The van der Waals surface area contributed by atoms with Crippen molar-refractivity contribution in [3.05, 3.63) is 40.4 Å². The van der Waals surface area contributed by atoms with E-state index in [-0.39, 0.29) is 17.6 Å². The number of para-hydroxylation sites is 1. The number of ether oxygens (including phenoxy) is 1. The Morgan fingerprint density at radius 3 is 3.04 bits per heavy atom. The average Bonchev–Trinajstić information content (AvgIpc) is 3.06. The molecule has 6 nitrogen and oxygen atoms in total. The molecule has 0 radical (unpaired) electrons. The van der Waals surface area contributed by atoms with Crippen LogP contribution in [0.3, 0.4) is 0 Å². The number of carbonyl (C=O) groups excluding carboxylic acids is 1. The van der Waals surface area contributed by atoms with Crippen molar-refractivity contribution in [3.63, 3.8) is 0 Å². The van der Waals surface area contributed by atoms with Crippen LogP contribution in [-0.2, 0) is 16.1 Å². The minimum absolute atomic E-state index is 0.0382. The van der Waals surface area contributed by atoms with E-state index in [4.69, 9.17) is 4.74 Å². The van der Waals surface area contributed by atoms with Crippen molar-refractivity contribution < 1.29 is 9.53 Å². The zero-order valence-corrected chi connectivity index (χ0v) is 13.2. The Labute approximate surface area is 134 Å². The lowest BCUT2D eigenvalue weighted by molar-refractivity contribution is -0.131. The van der Waals surface area contributed by atoms with E-state index in [2.05, 4.69) is 9.97 Å². The highest BCUT2D eigenvalue weighted by Gasteiger charge is 2.18. The molecule has 1 aromatic heterocycles. The van der Waals surface area contributed by atoms with Gasteiger partial charge in [0.25, 0.3) is 5.56 Å². The lowest BCUT2D eigenvalue weighted by Gasteiger charge is -2.17. The lowest BCUT2D eigenvalue weighted by Crippen LogP contribution is -2.29. The van der Waals surface area contributed by atoms with E-state index < -0.39 is 0 Å².